The van der Waals surface area contributed by atoms with Gasteiger partial charge in [-0.3, -0.25) is 0 Å². The molecule has 3 aromatic carbocycles. The van der Waals surface area contributed by atoms with Crippen LogP contribution in [0.15, 0.2) is 78.9 Å². The first-order chi connectivity index (χ1) is 14.1. The highest BCUT2D eigenvalue weighted by Crippen LogP contribution is 2.41. The normalized spacial score (nSPS) is 12.4. The number of aliphatic hydroxyl groups is 1. The van der Waals surface area contributed by atoms with Crippen molar-refractivity contribution in [2.45, 2.75) is 11.6 Å². The smallest absolute Gasteiger partial charge is 0.143 e. The Balaban J connectivity index is 2.21. The molecular weight excluding hydrogens is 366 g/mol. The number of hydrogen-bond acceptors (Lipinski definition) is 5. The molecule has 0 aliphatic carbocycles. The Morgan fingerprint density at radius 2 is 1.21 bits per heavy atom. The first kappa shape index (κ1) is 20.9. The molecule has 0 heterocycles. The van der Waals surface area contributed by atoms with Gasteiger partial charge >= 0.3 is 0 Å². The molecule has 0 fully saturated rings. The SMILES string of the molecule is COc1ccc(C(OC[C@@H](N)CO)(c2ccccc2)c2ccc(OC)cc2)cc1. The largest absolute Gasteiger partial charge is 0.497 e. The van der Waals surface area contributed by atoms with Crippen molar-refractivity contribution in [1.29, 1.82) is 0 Å². The first-order valence-corrected chi connectivity index (χ1v) is 9.49. The van der Waals surface area contributed by atoms with Crippen molar-refractivity contribution < 1.29 is 19.3 Å². The summed E-state index contributed by atoms with van der Waals surface area (Å²) in [5, 5.41) is 9.44. The third-order valence-corrected chi connectivity index (χ3v) is 4.92. The van der Waals surface area contributed by atoms with Crippen LogP contribution in [0.5, 0.6) is 11.5 Å². The molecule has 152 valence electrons. The molecular formula is C24H27NO4. The summed E-state index contributed by atoms with van der Waals surface area (Å²) in [5.41, 5.74) is 7.90. The number of hydrogen-bond donors (Lipinski definition) is 2. The van der Waals surface area contributed by atoms with Crippen LogP contribution in [0.1, 0.15) is 16.7 Å². The number of benzene rings is 3. The summed E-state index contributed by atoms with van der Waals surface area (Å²) >= 11 is 0. The van der Waals surface area contributed by atoms with Crippen molar-refractivity contribution in [3.8, 4) is 11.5 Å². The molecule has 0 aliphatic rings. The molecule has 3 rings (SSSR count). The Morgan fingerprint density at radius 3 is 1.62 bits per heavy atom. The summed E-state index contributed by atoms with van der Waals surface area (Å²) in [6.07, 6.45) is 0. The van der Waals surface area contributed by atoms with Crippen LogP contribution in [0.25, 0.3) is 0 Å². The van der Waals surface area contributed by atoms with Gasteiger partial charge in [0.2, 0.25) is 0 Å². The van der Waals surface area contributed by atoms with E-state index < -0.39 is 11.6 Å². The Morgan fingerprint density at radius 1 is 0.759 bits per heavy atom. The van der Waals surface area contributed by atoms with Crippen molar-refractivity contribution in [3.63, 3.8) is 0 Å². The Hall–Kier alpha value is -2.86. The summed E-state index contributed by atoms with van der Waals surface area (Å²) in [4.78, 5) is 0. The maximum atomic E-state index is 9.44. The van der Waals surface area contributed by atoms with Crippen LogP contribution in [0, 0.1) is 0 Å². The Labute approximate surface area is 171 Å². The summed E-state index contributed by atoms with van der Waals surface area (Å²) in [5.74, 6) is 1.52. The van der Waals surface area contributed by atoms with Crippen LogP contribution in [0.4, 0.5) is 0 Å². The van der Waals surface area contributed by atoms with E-state index in [1.54, 1.807) is 14.2 Å². The fraction of sp³-hybridized carbons (Fsp3) is 0.250. The van der Waals surface area contributed by atoms with E-state index in [9.17, 15) is 5.11 Å². The van der Waals surface area contributed by atoms with Gasteiger partial charge in [-0.2, -0.15) is 0 Å². The van der Waals surface area contributed by atoms with E-state index in [0.29, 0.717) is 0 Å². The lowest BCUT2D eigenvalue weighted by atomic mass is 9.80. The van der Waals surface area contributed by atoms with Gasteiger partial charge in [0.15, 0.2) is 0 Å². The van der Waals surface area contributed by atoms with Gasteiger partial charge in [-0.1, -0.05) is 54.6 Å². The van der Waals surface area contributed by atoms with Crippen molar-refractivity contribution in [3.05, 3.63) is 95.6 Å². The lowest BCUT2D eigenvalue weighted by molar-refractivity contribution is -0.00198. The molecule has 0 bridgehead atoms. The topological polar surface area (TPSA) is 73.9 Å². The van der Waals surface area contributed by atoms with Gasteiger partial charge in [-0.15, -0.1) is 0 Å². The van der Waals surface area contributed by atoms with Crippen molar-refractivity contribution in [2.75, 3.05) is 27.4 Å². The second-order valence-electron chi connectivity index (χ2n) is 6.76. The highest BCUT2D eigenvalue weighted by molar-refractivity contribution is 5.49. The molecule has 3 aromatic rings. The van der Waals surface area contributed by atoms with E-state index in [4.69, 9.17) is 19.9 Å². The third-order valence-electron chi connectivity index (χ3n) is 4.92. The van der Waals surface area contributed by atoms with Crippen LogP contribution in [-0.4, -0.2) is 38.6 Å². The number of aliphatic hydroxyl groups excluding tert-OH is 1. The molecule has 0 aliphatic heterocycles. The molecule has 29 heavy (non-hydrogen) atoms. The predicted molar refractivity (Wildman–Crippen MR) is 113 cm³/mol. The molecule has 0 unspecified atom stereocenters. The molecule has 0 amide bonds. The molecule has 5 nitrogen and oxygen atoms in total. The molecule has 0 spiro atoms. The monoisotopic (exact) mass is 393 g/mol. The zero-order valence-electron chi connectivity index (χ0n) is 16.7. The molecule has 5 heteroatoms. The minimum atomic E-state index is -0.910. The van der Waals surface area contributed by atoms with Crippen molar-refractivity contribution in [2.24, 2.45) is 5.73 Å². The summed E-state index contributed by atoms with van der Waals surface area (Å²) in [6, 6.07) is 25.1. The lowest BCUT2D eigenvalue weighted by Crippen LogP contribution is -2.39. The van der Waals surface area contributed by atoms with Crippen molar-refractivity contribution >= 4 is 0 Å². The number of nitrogens with two attached hydrogens (primary N) is 1. The van der Waals surface area contributed by atoms with Gasteiger partial charge in [0, 0.05) is 0 Å². The number of ether oxygens (including phenoxy) is 3. The maximum absolute atomic E-state index is 9.44. The van der Waals surface area contributed by atoms with E-state index in [0.717, 1.165) is 28.2 Å². The zero-order chi connectivity index (χ0) is 20.7. The molecule has 1 atom stereocenters. The van der Waals surface area contributed by atoms with Crippen LogP contribution in [-0.2, 0) is 10.3 Å². The number of methoxy groups -OCH3 is 2. The summed E-state index contributed by atoms with van der Waals surface area (Å²) in [6.45, 7) is 0.0273. The molecule has 3 N–H and O–H groups in total. The van der Waals surface area contributed by atoms with Gasteiger partial charge in [-0.25, -0.2) is 0 Å². The third kappa shape index (κ3) is 4.43. The van der Waals surface area contributed by atoms with Crippen LogP contribution >= 0.6 is 0 Å². The van der Waals surface area contributed by atoms with E-state index in [-0.39, 0.29) is 13.2 Å². The van der Waals surface area contributed by atoms with E-state index in [2.05, 4.69) is 0 Å². The van der Waals surface area contributed by atoms with Gasteiger partial charge in [0.25, 0.3) is 0 Å². The standard InChI is InChI=1S/C24H27NO4/c1-27-22-12-8-19(9-13-22)24(29-17-21(25)16-26,18-6-4-3-5-7-18)20-10-14-23(28-2)15-11-20/h3-15,21,26H,16-17,25H2,1-2H3/t21-/m0/s1. The average Bonchev–Trinajstić information content (AvgIpc) is 2.80. The summed E-state index contributed by atoms with van der Waals surface area (Å²) < 4.78 is 17.2. The van der Waals surface area contributed by atoms with Crippen LogP contribution < -0.4 is 15.2 Å². The lowest BCUT2D eigenvalue weighted by Gasteiger charge is -2.36. The highest BCUT2D eigenvalue weighted by atomic mass is 16.5. The van der Waals surface area contributed by atoms with Gasteiger partial charge in [0.05, 0.1) is 33.5 Å². The highest BCUT2D eigenvalue weighted by Gasteiger charge is 2.38. The van der Waals surface area contributed by atoms with Gasteiger partial charge < -0.3 is 25.1 Å². The zero-order valence-corrected chi connectivity index (χ0v) is 16.7. The second kappa shape index (κ2) is 9.56. The first-order valence-electron chi connectivity index (χ1n) is 9.49. The van der Waals surface area contributed by atoms with E-state index >= 15 is 0 Å². The minimum absolute atomic E-state index is 0.157. The molecule has 0 radical (unpaired) electrons. The van der Waals surface area contributed by atoms with Gasteiger partial charge in [-0.05, 0) is 41.0 Å². The minimum Gasteiger partial charge on any atom is -0.497 e. The average molecular weight is 393 g/mol. The molecule has 0 saturated carbocycles. The van der Waals surface area contributed by atoms with Crippen molar-refractivity contribution in [1.82, 2.24) is 0 Å². The second-order valence-corrected chi connectivity index (χ2v) is 6.76. The Kier molecular flexibility index (Phi) is 6.88. The molecule has 0 saturated heterocycles. The summed E-state index contributed by atoms with van der Waals surface area (Å²) in [7, 11) is 3.28. The van der Waals surface area contributed by atoms with Gasteiger partial charge in [0.1, 0.15) is 17.1 Å². The maximum Gasteiger partial charge on any atom is 0.143 e. The fourth-order valence-electron chi connectivity index (χ4n) is 3.36. The molecule has 0 aromatic heterocycles. The number of rotatable bonds is 9. The quantitative estimate of drug-likeness (QED) is 0.546. The van der Waals surface area contributed by atoms with Crippen LogP contribution in [0.2, 0.25) is 0 Å². The van der Waals surface area contributed by atoms with E-state index in [1.807, 2.05) is 78.9 Å². The van der Waals surface area contributed by atoms with Crippen LogP contribution in [0.3, 0.4) is 0 Å². The van der Waals surface area contributed by atoms with E-state index in [1.165, 1.54) is 0 Å². The fourth-order valence-corrected chi connectivity index (χ4v) is 3.36. The predicted octanol–water partition coefficient (Wildman–Crippen LogP) is 3.33. The Bertz CT molecular complexity index is 832.